The SMILES string of the molecule is C[NH+](Cc1cccc(F)c1)CN1C(=O)C(=O)N(CCC2=CCCCC2)C1=O. The first kappa shape index (κ1) is 19.2. The fourth-order valence-electron chi connectivity index (χ4n) is 3.60. The zero-order chi connectivity index (χ0) is 19.4. The van der Waals surface area contributed by atoms with Crippen LogP contribution in [-0.4, -0.2) is 47.9 Å². The van der Waals surface area contributed by atoms with Gasteiger partial charge in [-0.05, 0) is 44.2 Å². The van der Waals surface area contributed by atoms with Crippen molar-refractivity contribution in [3.05, 3.63) is 47.3 Å². The van der Waals surface area contributed by atoms with E-state index in [9.17, 15) is 18.8 Å². The summed E-state index contributed by atoms with van der Waals surface area (Å²) in [5.74, 6) is -1.86. The number of nitrogens with zero attached hydrogens (tertiary/aromatic N) is 2. The van der Waals surface area contributed by atoms with E-state index in [1.54, 1.807) is 19.2 Å². The lowest BCUT2D eigenvalue weighted by atomic mass is 9.97. The molecule has 2 aliphatic rings. The highest BCUT2D eigenvalue weighted by Crippen LogP contribution is 2.21. The van der Waals surface area contributed by atoms with E-state index >= 15 is 0 Å². The Bertz CT molecular complexity index is 777. The average molecular weight is 374 g/mol. The van der Waals surface area contributed by atoms with Crippen molar-refractivity contribution in [2.45, 2.75) is 38.6 Å². The Labute approximate surface area is 158 Å². The van der Waals surface area contributed by atoms with Crippen LogP contribution in [0, 0.1) is 5.82 Å². The van der Waals surface area contributed by atoms with Gasteiger partial charge in [0.1, 0.15) is 12.4 Å². The first-order chi connectivity index (χ1) is 13.0. The average Bonchev–Trinajstić information content (AvgIpc) is 2.84. The van der Waals surface area contributed by atoms with Crippen LogP contribution in [-0.2, 0) is 16.1 Å². The fraction of sp³-hybridized carbons (Fsp3) is 0.450. The molecular formula is C20H25FN3O3+. The van der Waals surface area contributed by atoms with Gasteiger partial charge in [-0.1, -0.05) is 23.8 Å². The van der Waals surface area contributed by atoms with Gasteiger partial charge in [-0.3, -0.25) is 14.5 Å². The summed E-state index contributed by atoms with van der Waals surface area (Å²) < 4.78 is 13.3. The molecule has 4 amide bonds. The third-order valence-electron chi connectivity index (χ3n) is 5.00. The number of hydrogen-bond donors (Lipinski definition) is 1. The number of carbonyl (C=O) groups is 3. The molecule has 1 aromatic carbocycles. The second-order valence-electron chi connectivity index (χ2n) is 7.25. The molecule has 1 saturated heterocycles. The number of hydrogen-bond acceptors (Lipinski definition) is 3. The van der Waals surface area contributed by atoms with Crippen molar-refractivity contribution < 1.29 is 23.7 Å². The van der Waals surface area contributed by atoms with E-state index in [0.717, 1.165) is 39.5 Å². The molecular weight excluding hydrogens is 349 g/mol. The van der Waals surface area contributed by atoms with Crippen LogP contribution in [0.25, 0.3) is 0 Å². The number of amides is 4. The summed E-state index contributed by atoms with van der Waals surface area (Å²) in [6, 6.07) is 5.64. The molecule has 1 heterocycles. The summed E-state index contributed by atoms with van der Waals surface area (Å²) in [5.41, 5.74) is 2.01. The van der Waals surface area contributed by atoms with E-state index in [1.807, 2.05) is 0 Å². The van der Waals surface area contributed by atoms with E-state index < -0.39 is 17.8 Å². The number of benzene rings is 1. The summed E-state index contributed by atoms with van der Waals surface area (Å²) >= 11 is 0. The smallest absolute Gasteiger partial charge is 0.316 e. The van der Waals surface area contributed by atoms with Crippen molar-refractivity contribution >= 4 is 17.8 Å². The molecule has 0 aromatic heterocycles. The van der Waals surface area contributed by atoms with Gasteiger partial charge in [0.15, 0.2) is 6.67 Å². The van der Waals surface area contributed by atoms with Gasteiger partial charge in [-0.25, -0.2) is 14.1 Å². The molecule has 1 aliphatic carbocycles. The highest BCUT2D eigenvalue weighted by atomic mass is 19.1. The lowest BCUT2D eigenvalue weighted by molar-refractivity contribution is -0.901. The van der Waals surface area contributed by atoms with Crippen LogP contribution in [0.5, 0.6) is 0 Å². The summed E-state index contributed by atoms with van der Waals surface area (Å²) in [6.07, 6.45) is 7.14. The molecule has 1 N–H and O–H groups in total. The lowest BCUT2D eigenvalue weighted by Gasteiger charge is -2.20. The summed E-state index contributed by atoms with van der Waals surface area (Å²) in [7, 11) is 1.80. The topological polar surface area (TPSA) is 62.1 Å². The number of quaternary nitrogens is 1. The quantitative estimate of drug-likeness (QED) is 0.447. The van der Waals surface area contributed by atoms with Crippen molar-refractivity contribution in [2.75, 3.05) is 20.3 Å². The van der Waals surface area contributed by atoms with E-state index in [-0.39, 0.29) is 19.0 Å². The Balaban J connectivity index is 1.58. The molecule has 1 atom stereocenters. The molecule has 0 radical (unpaired) electrons. The van der Waals surface area contributed by atoms with Crippen LogP contribution in [0.15, 0.2) is 35.9 Å². The van der Waals surface area contributed by atoms with Gasteiger partial charge in [-0.15, -0.1) is 0 Å². The molecule has 6 nitrogen and oxygen atoms in total. The number of imide groups is 2. The predicted molar refractivity (Wildman–Crippen MR) is 97.0 cm³/mol. The molecule has 144 valence electrons. The monoisotopic (exact) mass is 374 g/mol. The minimum atomic E-state index is -0.781. The van der Waals surface area contributed by atoms with Crippen molar-refractivity contribution in [2.24, 2.45) is 0 Å². The minimum Gasteiger partial charge on any atom is -0.316 e. The Kier molecular flexibility index (Phi) is 6.01. The number of nitrogens with one attached hydrogen (secondary N) is 1. The van der Waals surface area contributed by atoms with Gasteiger partial charge in [0.25, 0.3) is 0 Å². The largest absolute Gasteiger partial charge is 0.338 e. The van der Waals surface area contributed by atoms with Crippen molar-refractivity contribution in [1.29, 1.82) is 0 Å². The highest BCUT2D eigenvalue weighted by molar-refractivity contribution is 6.44. The molecule has 1 fully saturated rings. The van der Waals surface area contributed by atoms with Crippen molar-refractivity contribution in [1.82, 2.24) is 9.80 Å². The Morgan fingerprint density at radius 3 is 2.59 bits per heavy atom. The predicted octanol–water partition coefficient (Wildman–Crippen LogP) is 1.48. The van der Waals surface area contributed by atoms with Crippen LogP contribution in [0.4, 0.5) is 9.18 Å². The zero-order valence-corrected chi connectivity index (χ0v) is 15.5. The van der Waals surface area contributed by atoms with Gasteiger partial charge in [0.2, 0.25) is 0 Å². The van der Waals surface area contributed by atoms with Crippen LogP contribution in [0.2, 0.25) is 0 Å². The zero-order valence-electron chi connectivity index (χ0n) is 15.5. The number of rotatable bonds is 7. The van der Waals surface area contributed by atoms with Gasteiger partial charge >= 0.3 is 17.8 Å². The second kappa shape index (κ2) is 8.43. The molecule has 1 aromatic rings. The maximum absolute atomic E-state index is 13.3. The van der Waals surface area contributed by atoms with Crippen molar-refractivity contribution in [3.63, 3.8) is 0 Å². The summed E-state index contributed by atoms with van der Waals surface area (Å²) in [6.45, 7) is 0.754. The van der Waals surface area contributed by atoms with E-state index in [2.05, 4.69) is 6.08 Å². The van der Waals surface area contributed by atoms with Crippen LogP contribution in [0.1, 0.15) is 37.7 Å². The maximum atomic E-state index is 13.3. The van der Waals surface area contributed by atoms with Crippen LogP contribution >= 0.6 is 0 Å². The van der Waals surface area contributed by atoms with Gasteiger partial charge in [-0.2, -0.15) is 0 Å². The third kappa shape index (κ3) is 4.60. The normalized spacial score (nSPS) is 18.9. The summed E-state index contributed by atoms with van der Waals surface area (Å²) in [4.78, 5) is 39.9. The van der Waals surface area contributed by atoms with Crippen molar-refractivity contribution in [3.8, 4) is 0 Å². The first-order valence-corrected chi connectivity index (χ1v) is 9.36. The van der Waals surface area contributed by atoms with E-state index in [1.165, 1.54) is 24.1 Å². The molecule has 7 heteroatoms. The second-order valence-corrected chi connectivity index (χ2v) is 7.25. The van der Waals surface area contributed by atoms with E-state index in [0.29, 0.717) is 13.0 Å². The maximum Gasteiger partial charge on any atom is 0.338 e. The highest BCUT2D eigenvalue weighted by Gasteiger charge is 2.45. The standard InChI is InChI=1S/C20H24FN3O3/c1-22(13-16-8-5-9-17(21)12-16)14-24-19(26)18(25)23(20(24)27)11-10-15-6-3-2-4-7-15/h5-6,8-9,12H,2-4,7,10-11,13-14H2,1H3/p+1. The van der Waals surface area contributed by atoms with Gasteiger partial charge in [0.05, 0.1) is 7.05 Å². The van der Waals surface area contributed by atoms with E-state index in [4.69, 9.17) is 0 Å². The summed E-state index contributed by atoms with van der Waals surface area (Å²) in [5, 5.41) is 0. The lowest BCUT2D eigenvalue weighted by Crippen LogP contribution is -3.09. The number of carbonyl (C=O) groups excluding carboxylic acids is 3. The molecule has 0 saturated carbocycles. The molecule has 1 aliphatic heterocycles. The molecule has 3 rings (SSSR count). The first-order valence-electron chi connectivity index (χ1n) is 9.36. The third-order valence-corrected chi connectivity index (χ3v) is 5.00. The van der Waals surface area contributed by atoms with Gasteiger partial charge < -0.3 is 4.90 Å². The molecule has 27 heavy (non-hydrogen) atoms. The Hall–Kier alpha value is -2.54. The fourth-order valence-corrected chi connectivity index (χ4v) is 3.60. The molecule has 0 bridgehead atoms. The van der Waals surface area contributed by atoms with Crippen LogP contribution in [0.3, 0.4) is 0 Å². The Morgan fingerprint density at radius 1 is 1.11 bits per heavy atom. The number of halogens is 1. The van der Waals surface area contributed by atoms with Gasteiger partial charge in [0, 0.05) is 12.1 Å². The minimum absolute atomic E-state index is 0.0686. The van der Waals surface area contributed by atoms with Crippen LogP contribution < -0.4 is 4.90 Å². The molecule has 0 spiro atoms. The number of allylic oxidation sites excluding steroid dienone is 1. The Morgan fingerprint density at radius 2 is 1.89 bits per heavy atom. The molecule has 1 unspecified atom stereocenters. The number of urea groups is 1.